The quantitative estimate of drug-likeness (QED) is 0.233. The summed E-state index contributed by atoms with van der Waals surface area (Å²) in [6, 6.07) is 3.55. The number of hydrogen-bond acceptors (Lipinski definition) is 3. The molecule has 0 aliphatic rings. The minimum Gasteiger partial charge on any atom is -0.453 e. The molecule has 1 atom stereocenters. The van der Waals surface area contributed by atoms with Crippen LogP contribution in [0.4, 0.5) is 0 Å². The second kappa shape index (κ2) is 13.0. The molecule has 0 aromatic carbocycles. The monoisotopic (exact) mass is 351 g/mol. The average molecular weight is 352 g/mol. The van der Waals surface area contributed by atoms with Gasteiger partial charge in [-0.25, -0.2) is 4.79 Å². The summed E-state index contributed by atoms with van der Waals surface area (Å²) >= 11 is 6.19. The van der Waals surface area contributed by atoms with E-state index in [4.69, 9.17) is 16.3 Å². The SMILES string of the molecule is C=CC(=O)OC(CCCCCCCCCCC)c1ncccc1Cl. The highest BCUT2D eigenvalue weighted by Gasteiger charge is 2.19. The van der Waals surface area contributed by atoms with Crippen LogP contribution in [0.25, 0.3) is 0 Å². The van der Waals surface area contributed by atoms with Gasteiger partial charge in [0.15, 0.2) is 0 Å². The Hall–Kier alpha value is -1.35. The molecule has 0 fully saturated rings. The van der Waals surface area contributed by atoms with E-state index in [1.165, 1.54) is 51.0 Å². The summed E-state index contributed by atoms with van der Waals surface area (Å²) in [6.07, 6.45) is 14.5. The van der Waals surface area contributed by atoms with Gasteiger partial charge in [-0.3, -0.25) is 4.98 Å². The Morgan fingerprint density at radius 3 is 2.42 bits per heavy atom. The lowest BCUT2D eigenvalue weighted by molar-refractivity contribution is -0.144. The Morgan fingerprint density at radius 1 is 1.21 bits per heavy atom. The zero-order valence-corrected chi connectivity index (χ0v) is 15.6. The van der Waals surface area contributed by atoms with E-state index in [9.17, 15) is 4.79 Å². The number of halogens is 1. The van der Waals surface area contributed by atoms with Gasteiger partial charge < -0.3 is 4.74 Å². The molecule has 0 saturated heterocycles. The zero-order valence-electron chi connectivity index (χ0n) is 14.8. The molecule has 0 saturated carbocycles. The fraction of sp³-hybridized carbons (Fsp3) is 0.600. The molecule has 0 bridgehead atoms. The highest BCUT2D eigenvalue weighted by Crippen LogP contribution is 2.28. The standard InChI is InChI=1S/C20H30ClNO2/c1-3-5-6-7-8-9-10-11-12-15-18(24-19(23)4-2)20-17(21)14-13-16-22-20/h4,13-14,16,18H,2-3,5-12,15H2,1H3. The number of aromatic nitrogens is 1. The molecule has 1 aromatic heterocycles. The van der Waals surface area contributed by atoms with Crippen LogP contribution in [0.1, 0.15) is 82.9 Å². The fourth-order valence-electron chi connectivity index (χ4n) is 2.71. The predicted octanol–water partition coefficient (Wildman–Crippen LogP) is 6.43. The Bertz CT molecular complexity index is 490. The number of hydrogen-bond donors (Lipinski definition) is 0. The van der Waals surface area contributed by atoms with E-state index in [-0.39, 0.29) is 0 Å². The lowest BCUT2D eigenvalue weighted by Gasteiger charge is -2.17. The van der Waals surface area contributed by atoms with E-state index in [1.54, 1.807) is 18.3 Å². The van der Waals surface area contributed by atoms with E-state index in [1.807, 2.05) is 0 Å². The van der Waals surface area contributed by atoms with Crippen molar-refractivity contribution in [2.45, 2.75) is 77.2 Å². The van der Waals surface area contributed by atoms with Crippen LogP contribution < -0.4 is 0 Å². The first-order valence-electron chi connectivity index (χ1n) is 9.12. The number of nitrogens with zero attached hydrogens (tertiary/aromatic N) is 1. The van der Waals surface area contributed by atoms with Crippen LogP contribution in [-0.4, -0.2) is 11.0 Å². The molecule has 0 aliphatic heterocycles. The van der Waals surface area contributed by atoms with Gasteiger partial charge >= 0.3 is 5.97 Å². The number of unbranched alkanes of at least 4 members (excludes halogenated alkanes) is 8. The second-order valence-electron chi connectivity index (χ2n) is 6.12. The van der Waals surface area contributed by atoms with Crippen molar-refractivity contribution >= 4 is 17.6 Å². The normalized spacial score (nSPS) is 11.9. The average Bonchev–Trinajstić information content (AvgIpc) is 2.59. The Labute approximate surface area is 151 Å². The van der Waals surface area contributed by atoms with Gasteiger partial charge in [-0.05, 0) is 25.0 Å². The molecular weight excluding hydrogens is 322 g/mol. The maximum absolute atomic E-state index is 11.6. The van der Waals surface area contributed by atoms with Gasteiger partial charge in [0.05, 0.1) is 10.7 Å². The summed E-state index contributed by atoms with van der Waals surface area (Å²) in [7, 11) is 0. The number of pyridine rings is 1. The fourth-order valence-corrected chi connectivity index (χ4v) is 2.96. The summed E-state index contributed by atoms with van der Waals surface area (Å²) in [6.45, 7) is 5.69. The molecular formula is C20H30ClNO2. The minimum atomic E-state index is -0.433. The topological polar surface area (TPSA) is 39.2 Å². The number of ether oxygens (including phenoxy) is 1. The highest BCUT2D eigenvalue weighted by molar-refractivity contribution is 6.31. The van der Waals surface area contributed by atoms with E-state index < -0.39 is 12.1 Å². The first-order valence-corrected chi connectivity index (χ1v) is 9.50. The van der Waals surface area contributed by atoms with Crippen LogP contribution in [0.5, 0.6) is 0 Å². The van der Waals surface area contributed by atoms with Gasteiger partial charge in [-0.2, -0.15) is 0 Å². The van der Waals surface area contributed by atoms with Crippen molar-refractivity contribution in [2.24, 2.45) is 0 Å². The van der Waals surface area contributed by atoms with Gasteiger partial charge in [0, 0.05) is 12.3 Å². The highest BCUT2D eigenvalue weighted by atomic mass is 35.5. The van der Waals surface area contributed by atoms with E-state index >= 15 is 0 Å². The maximum atomic E-state index is 11.6. The van der Waals surface area contributed by atoms with Crippen molar-refractivity contribution in [2.75, 3.05) is 0 Å². The molecule has 4 heteroatoms. The molecule has 1 rings (SSSR count). The van der Waals surface area contributed by atoms with Crippen LogP contribution in [-0.2, 0) is 9.53 Å². The van der Waals surface area contributed by atoms with Gasteiger partial charge in [0.1, 0.15) is 6.10 Å². The molecule has 3 nitrogen and oxygen atoms in total. The molecule has 1 aromatic rings. The lowest BCUT2D eigenvalue weighted by atomic mass is 10.0. The van der Waals surface area contributed by atoms with Crippen molar-refractivity contribution in [3.05, 3.63) is 41.7 Å². The van der Waals surface area contributed by atoms with Crippen LogP contribution in [0, 0.1) is 0 Å². The zero-order chi connectivity index (χ0) is 17.6. The number of carbonyl (C=O) groups excluding carboxylic acids is 1. The van der Waals surface area contributed by atoms with Crippen molar-refractivity contribution in [1.29, 1.82) is 0 Å². The lowest BCUT2D eigenvalue weighted by Crippen LogP contribution is -2.11. The number of rotatable bonds is 13. The first kappa shape index (κ1) is 20.7. The van der Waals surface area contributed by atoms with E-state index in [0.717, 1.165) is 19.3 Å². The van der Waals surface area contributed by atoms with Gasteiger partial charge in [0.25, 0.3) is 0 Å². The van der Waals surface area contributed by atoms with E-state index in [0.29, 0.717) is 10.7 Å². The summed E-state index contributed by atoms with van der Waals surface area (Å²) < 4.78 is 5.43. The van der Waals surface area contributed by atoms with Crippen LogP contribution in [0.2, 0.25) is 5.02 Å². The molecule has 0 radical (unpaired) electrons. The molecule has 134 valence electrons. The minimum absolute atomic E-state index is 0.395. The molecule has 0 N–H and O–H groups in total. The summed E-state index contributed by atoms with van der Waals surface area (Å²) in [5, 5.41) is 0.537. The van der Waals surface area contributed by atoms with Crippen LogP contribution in [0.3, 0.4) is 0 Å². The third-order valence-electron chi connectivity index (χ3n) is 4.09. The van der Waals surface area contributed by atoms with Crippen molar-refractivity contribution in [3.63, 3.8) is 0 Å². The van der Waals surface area contributed by atoms with Crippen molar-refractivity contribution < 1.29 is 9.53 Å². The molecule has 24 heavy (non-hydrogen) atoms. The molecule has 0 amide bonds. The molecule has 1 heterocycles. The summed E-state index contributed by atoms with van der Waals surface area (Å²) in [4.78, 5) is 15.8. The Balaban J connectivity index is 2.34. The smallest absolute Gasteiger partial charge is 0.330 e. The largest absolute Gasteiger partial charge is 0.453 e. The van der Waals surface area contributed by atoms with Crippen LogP contribution in [0.15, 0.2) is 31.0 Å². The van der Waals surface area contributed by atoms with Gasteiger partial charge in [-0.1, -0.05) is 76.5 Å². The summed E-state index contributed by atoms with van der Waals surface area (Å²) in [5.74, 6) is -0.433. The molecule has 1 unspecified atom stereocenters. The number of carbonyl (C=O) groups is 1. The predicted molar refractivity (Wildman–Crippen MR) is 100 cm³/mol. The maximum Gasteiger partial charge on any atom is 0.330 e. The Kier molecular flexibility index (Phi) is 11.2. The van der Waals surface area contributed by atoms with Gasteiger partial charge in [-0.15, -0.1) is 0 Å². The van der Waals surface area contributed by atoms with Crippen molar-refractivity contribution in [3.8, 4) is 0 Å². The second-order valence-corrected chi connectivity index (χ2v) is 6.52. The molecule has 0 spiro atoms. The van der Waals surface area contributed by atoms with Crippen molar-refractivity contribution in [1.82, 2.24) is 4.98 Å². The first-order chi connectivity index (χ1) is 11.7. The van der Waals surface area contributed by atoms with E-state index in [2.05, 4.69) is 18.5 Å². The third-order valence-corrected chi connectivity index (χ3v) is 4.41. The third kappa shape index (κ3) is 8.49. The summed E-state index contributed by atoms with van der Waals surface area (Å²) in [5.41, 5.74) is 0.633. The Morgan fingerprint density at radius 2 is 1.83 bits per heavy atom. The van der Waals surface area contributed by atoms with Gasteiger partial charge in [0.2, 0.25) is 0 Å². The van der Waals surface area contributed by atoms with Crippen LogP contribution >= 0.6 is 11.6 Å². The molecule has 0 aliphatic carbocycles. The number of esters is 1.